The van der Waals surface area contributed by atoms with Crippen LogP contribution in [-0.4, -0.2) is 138 Å². The van der Waals surface area contributed by atoms with E-state index >= 15 is 8.78 Å². The van der Waals surface area contributed by atoms with Crippen LogP contribution >= 0.6 is 0 Å². The Morgan fingerprint density at radius 1 is 0.629 bits per heavy atom. The van der Waals surface area contributed by atoms with Gasteiger partial charge in [0.05, 0.1) is 34.9 Å². The van der Waals surface area contributed by atoms with Gasteiger partial charge in [0.2, 0.25) is 22.8 Å². The molecule has 0 aromatic carbocycles. The molecular weight excluding hydrogens is 911 g/mol. The number of hydrogen-bond acceptors (Lipinski definition) is 10. The minimum absolute atomic E-state index is 0.0508. The van der Waals surface area contributed by atoms with E-state index in [0.29, 0.717) is 52.1 Å². The van der Waals surface area contributed by atoms with Crippen molar-refractivity contribution in [3.05, 3.63) is 67.7 Å². The third kappa shape index (κ3) is 9.37. The Hall–Kier alpha value is -7.40. The average molecular weight is 971 g/mol. The standard InChI is InChI=1S/C46H60F2N16O6/c1-45(2,3)63-21-29(39(67)68)33(65)27-15-31(47)37(55-35(27)63)59-17-25-13-23(59)19-61(25)43(51)57-41(49)53-11-9-7-8-10-12-54-42(50)58-44(52)62-20-24-14-26(62)18-60(24)38-32(48)16-28-34(66)30(40(69)70)22-64(36(28)56-38)46(4,5)6/h15-16,21-26H,7-14,17-20H2,1-6H3,(H,67,68)(H,69,70)(H4,49,51,53,57)(H4,50,52,54,58). The zero-order chi connectivity index (χ0) is 50.7. The first kappa shape index (κ1) is 49.0. The molecule has 4 aromatic heterocycles. The van der Waals surface area contributed by atoms with Crippen LogP contribution in [-0.2, 0) is 11.1 Å². The second-order valence-electron chi connectivity index (χ2n) is 20.3. The summed E-state index contributed by atoms with van der Waals surface area (Å²) in [6.45, 7) is 13.6. The van der Waals surface area contributed by atoms with Crippen molar-refractivity contribution < 1.29 is 28.6 Å². The van der Waals surface area contributed by atoms with Gasteiger partial charge < -0.3 is 61.9 Å². The van der Waals surface area contributed by atoms with Crippen molar-refractivity contribution in [3.63, 3.8) is 0 Å². The molecule has 70 heavy (non-hydrogen) atoms. The van der Waals surface area contributed by atoms with E-state index in [9.17, 15) is 29.4 Å². The number of unbranched alkanes of at least 4 members (excludes halogenated alkanes) is 3. The summed E-state index contributed by atoms with van der Waals surface area (Å²) in [5.41, 5.74) is 21.6. The van der Waals surface area contributed by atoms with E-state index < -0.39 is 56.6 Å². The molecule has 22 nitrogen and oxygen atoms in total. The van der Waals surface area contributed by atoms with Gasteiger partial charge in [0.15, 0.2) is 35.2 Å². The van der Waals surface area contributed by atoms with E-state index in [1.807, 2.05) is 61.1 Å². The SMILES string of the molecule is CC(C)(C)n1cc(C(=O)O)c(=O)c2cc(F)c(N3CC4CC3CN4/C(N)=N/C(N)=NCCCCCCN=C(N)/N=C(\N)N3CC4CC3CN4c3nc4c(cc3F)c(=O)c(C(=O)O)cn4C(C)(C)C)nc21. The van der Waals surface area contributed by atoms with Crippen molar-refractivity contribution in [3.8, 4) is 0 Å². The summed E-state index contributed by atoms with van der Waals surface area (Å²) < 4.78 is 34.5. The maximum atomic E-state index is 15.6. The van der Waals surface area contributed by atoms with Crippen LogP contribution in [0.15, 0.2) is 54.1 Å². The highest BCUT2D eigenvalue weighted by molar-refractivity contribution is 5.95. The number of fused-ring (bicyclic) bond motifs is 6. The van der Waals surface area contributed by atoms with Gasteiger partial charge in [-0.3, -0.25) is 19.6 Å². The predicted molar refractivity (Wildman–Crippen MR) is 263 cm³/mol. The molecule has 4 bridgehead atoms. The van der Waals surface area contributed by atoms with E-state index in [0.717, 1.165) is 37.8 Å². The third-order valence-electron chi connectivity index (χ3n) is 13.4. The lowest BCUT2D eigenvalue weighted by Crippen LogP contribution is -2.52. The highest BCUT2D eigenvalue weighted by Gasteiger charge is 2.47. The topological polar surface area (TPSA) is 311 Å². The second-order valence-corrected chi connectivity index (χ2v) is 20.3. The number of aromatic carboxylic acids is 2. The first-order valence-electron chi connectivity index (χ1n) is 23.3. The molecule has 8 rings (SSSR count). The van der Waals surface area contributed by atoms with Crippen molar-refractivity contribution in [2.75, 3.05) is 49.1 Å². The Morgan fingerprint density at radius 3 is 1.31 bits per heavy atom. The van der Waals surface area contributed by atoms with Crippen molar-refractivity contribution in [2.45, 2.75) is 115 Å². The summed E-state index contributed by atoms with van der Waals surface area (Å²) in [7, 11) is 0. The first-order valence-corrected chi connectivity index (χ1v) is 23.3. The first-order chi connectivity index (χ1) is 32.9. The summed E-state index contributed by atoms with van der Waals surface area (Å²) in [5.74, 6) is -3.52. The van der Waals surface area contributed by atoms with Gasteiger partial charge in [-0.15, -0.1) is 0 Å². The number of piperazine rings is 2. The zero-order valence-corrected chi connectivity index (χ0v) is 40.1. The normalized spacial score (nSPS) is 21.1. The summed E-state index contributed by atoms with van der Waals surface area (Å²) in [5, 5.41) is 19.0. The van der Waals surface area contributed by atoms with Crippen LogP contribution in [0.3, 0.4) is 0 Å². The number of halogens is 2. The number of aromatic nitrogens is 4. The maximum absolute atomic E-state index is 15.6. The van der Waals surface area contributed by atoms with Crippen molar-refractivity contribution in [1.82, 2.24) is 28.9 Å². The number of carboxylic acid groups (broad SMARTS) is 2. The summed E-state index contributed by atoms with van der Waals surface area (Å²) in [6.07, 6.45) is 7.08. The minimum atomic E-state index is -1.39. The molecule has 0 amide bonds. The van der Waals surface area contributed by atoms with Gasteiger partial charge in [0.25, 0.3) is 0 Å². The van der Waals surface area contributed by atoms with Crippen LogP contribution < -0.4 is 43.6 Å². The van der Waals surface area contributed by atoms with E-state index in [1.54, 1.807) is 9.13 Å². The van der Waals surface area contributed by atoms with Crippen LogP contribution in [0.2, 0.25) is 0 Å². The molecule has 4 aromatic rings. The summed E-state index contributed by atoms with van der Waals surface area (Å²) >= 11 is 0. The Kier molecular flexibility index (Phi) is 13.0. The highest BCUT2D eigenvalue weighted by atomic mass is 19.1. The number of likely N-dealkylation sites (tertiary alicyclic amines) is 2. The molecule has 0 radical (unpaired) electrons. The van der Waals surface area contributed by atoms with Gasteiger partial charge >= 0.3 is 11.9 Å². The number of guanidine groups is 4. The fourth-order valence-electron chi connectivity index (χ4n) is 9.97. The van der Waals surface area contributed by atoms with E-state index in [2.05, 4.69) is 29.9 Å². The average Bonchev–Trinajstić information content (AvgIpc) is 4.09. The molecule has 0 spiro atoms. The van der Waals surface area contributed by atoms with Gasteiger partial charge in [-0.2, -0.15) is 9.98 Å². The smallest absolute Gasteiger partial charge is 0.341 e. The van der Waals surface area contributed by atoms with Gasteiger partial charge in [-0.1, -0.05) is 12.8 Å². The monoisotopic (exact) mass is 970 g/mol. The summed E-state index contributed by atoms with van der Waals surface area (Å²) in [6, 6.07) is 1.68. The van der Waals surface area contributed by atoms with Crippen LogP contribution in [0.25, 0.3) is 22.1 Å². The lowest BCUT2D eigenvalue weighted by molar-refractivity contribution is 0.0683. The molecule has 24 heteroatoms. The lowest BCUT2D eigenvalue weighted by atomic mass is 10.1. The van der Waals surface area contributed by atoms with E-state index in [1.165, 1.54) is 12.4 Å². The number of carbonyl (C=O) groups is 2. The molecule has 10 N–H and O–H groups in total. The van der Waals surface area contributed by atoms with E-state index in [-0.39, 0.29) is 81.7 Å². The molecule has 4 aliphatic rings. The Labute approximate surface area is 401 Å². The third-order valence-corrected chi connectivity index (χ3v) is 13.4. The van der Waals surface area contributed by atoms with Crippen LogP contribution in [0.4, 0.5) is 20.4 Å². The number of carboxylic acids is 2. The predicted octanol–water partition coefficient (Wildman–Crippen LogP) is 2.34. The Morgan fingerprint density at radius 2 is 1.00 bits per heavy atom. The molecule has 4 fully saturated rings. The number of nitrogens with two attached hydrogens (primary N) is 4. The number of hydrogen-bond donors (Lipinski definition) is 6. The van der Waals surface area contributed by atoms with Crippen LogP contribution in [0.1, 0.15) is 101 Å². The van der Waals surface area contributed by atoms with Crippen LogP contribution in [0.5, 0.6) is 0 Å². The second kappa shape index (κ2) is 18.5. The number of aliphatic imine (C=N–C) groups is 4. The molecule has 8 heterocycles. The lowest BCUT2D eigenvalue weighted by Gasteiger charge is -2.35. The Balaban J connectivity index is 0.785. The van der Waals surface area contributed by atoms with Crippen molar-refractivity contribution >= 4 is 69.5 Å². The zero-order valence-electron chi connectivity index (χ0n) is 40.1. The van der Waals surface area contributed by atoms with Gasteiger partial charge in [0.1, 0.15) is 22.4 Å². The molecule has 0 saturated carbocycles. The number of pyridine rings is 4. The van der Waals surface area contributed by atoms with Gasteiger partial charge in [-0.05, 0) is 79.4 Å². The molecule has 4 saturated heterocycles. The van der Waals surface area contributed by atoms with Gasteiger partial charge in [-0.25, -0.2) is 28.3 Å². The summed E-state index contributed by atoms with van der Waals surface area (Å²) in [4.78, 5) is 83.8. The molecular formula is C46H60F2N16O6. The van der Waals surface area contributed by atoms with Gasteiger partial charge in [0, 0.05) is 62.7 Å². The highest BCUT2D eigenvalue weighted by Crippen LogP contribution is 2.38. The van der Waals surface area contributed by atoms with Crippen molar-refractivity contribution in [1.29, 1.82) is 0 Å². The Bertz CT molecular complexity index is 2830. The molecule has 4 aliphatic heterocycles. The van der Waals surface area contributed by atoms with Crippen molar-refractivity contribution in [2.24, 2.45) is 42.9 Å². The number of rotatable bonds is 11. The molecule has 0 aliphatic carbocycles. The quantitative estimate of drug-likeness (QED) is 0.0714. The minimum Gasteiger partial charge on any atom is -0.477 e. The fraction of sp³-hybridized carbons (Fsp3) is 0.522. The molecule has 4 atom stereocenters. The maximum Gasteiger partial charge on any atom is 0.341 e. The number of nitrogens with zero attached hydrogens (tertiary/aromatic N) is 12. The molecule has 374 valence electrons. The largest absolute Gasteiger partial charge is 0.477 e. The molecule has 4 unspecified atom stereocenters. The van der Waals surface area contributed by atoms with E-state index in [4.69, 9.17) is 22.9 Å². The fourth-order valence-corrected chi connectivity index (χ4v) is 9.97. The van der Waals surface area contributed by atoms with Crippen LogP contribution in [0, 0.1) is 11.6 Å². The number of anilines is 2.